The summed E-state index contributed by atoms with van der Waals surface area (Å²) in [6.07, 6.45) is 0.395. The third-order valence-electron chi connectivity index (χ3n) is 2.41. The molecule has 0 unspecified atom stereocenters. The lowest BCUT2D eigenvalue weighted by atomic mass is 10.1. The Morgan fingerprint density at radius 2 is 1.53 bits per heavy atom. The fourth-order valence-corrected chi connectivity index (χ4v) is 1.65. The summed E-state index contributed by atoms with van der Waals surface area (Å²) in [4.78, 5) is 0. The van der Waals surface area contributed by atoms with E-state index < -0.39 is 0 Å². The predicted molar refractivity (Wildman–Crippen MR) is 68.8 cm³/mol. The van der Waals surface area contributed by atoms with Gasteiger partial charge in [0.05, 0.1) is 7.11 Å². The second kappa shape index (κ2) is 8.58. The van der Waals surface area contributed by atoms with Gasteiger partial charge in [0.1, 0.15) is 5.75 Å². The maximum Gasteiger partial charge on any atom is 0.188 e. The van der Waals surface area contributed by atoms with E-state index in [1.165, 1.54) is 14.2 Å². The normalized spacial score (nSPS) is 10.3. The Labute approximate surface area is 112 Å². The number of ether oxygens (including phenoxy) is 5. The SMILES string of the molecule is COCOc1ccc(OCOC)c(OC)c1CCO. The summed E-state index contributed by atoms with van der Waals surface area (Å²) in [5, 5.41) is 9.15. The molecule has 0 aliphatic rings. The van der Waals surface area contributed by atoms with Crippen LogP contribution in [0.1, 0.15) is 5.56 Å². The number of hydrogen-bond donors (Lipinski definition) is 1. The molecule has 0 spiro atoms. The first-order valence-electron chi connectivity index (χ1n) is 5.82. The molecule has 0 bridgehead atoms. The van der Waals surface area contributed by atoms with Crippen molar-refractivity contribution in [1.82, 2.24) is 0 Å². The molecule has 0 saturated heterocycles. The fourth-order valence-electron chi connectivity index (χ4n) is 1.65. The van der Waals surface area contributed by atoms with Gasteiger partial charge in [-0.05, 0) is 12.1 Å². The second-order valence-corrected chi connectivity index (χ2v) is 3.65. The number of hydrogen-bond acceptors (Lipinski definition) is 6. The lowest BCUT2D eigenvalue weighted by Crippen LogP contribution is -2.07. The molecule has 0 heterocycles. The molecule has 19 heavy (non-hydrogen) atoms. The van der Waals surface area contributed by atoms with Crippen molar-refractivity contribution in [2.24, 2.45) is 0 Å². The van der Waals surface area contributed by atoms with Gasteiger partial charge in [-0.15, -0.1) is 0 Å². The minimum absolute atomic E-state index is 0.0204. The minimum atomic E-state index is -0.0204. The van der Waals surface area contributed by atoms with Crippen LogP contribution >= 0.6 is 0 Å². The lowest BCUT2D eigenvalue weighted by Gasteiger charge is -2.17. The number of aliphatic hydroxyl groups is 1. The van der Waals surface area contributed by atoms with E-state index in [-0.39, 0.29) is 20.2 Å². The highest BCUT2D eigenvalue weighted by Gasteiger charge is 2.16. The molecule has 0 radical (unpaired) electrons. The summed E-state index contributed by atoms with van der Waals surface area (Å²) in [5.74, 6) is 1.66. The average molecular weight is 272 g/mol. The molecule has 0 aliphatic heterocycles. The van der Waals surface area contributed by atoms with E-state index in [1.54, 1.807) is 19.2 Å². The Morgan fingerprint density at radius 1 is 0.947 bits per heavy atom. The van der Waals surface area contributed by atoms with Crippen LogP contribution in [0.2, 0.25) is 0 Å². The zero-order chi connectivity index (χ0) is 14.1. The van der Waals surface area contributed by atoms with E-state index >= 15 is 0 Å². The molecule has 1 N–H and O–H groups in total. The van der Waals surface area contributed by atoms with E-state index in [9.17, 15) is 0 Å². The Bertz CT molecular complexity index is 380. The quantitative estimate of drug-likeness (QED) is 0.681. The summed E-state index contributed by atoms with van der Waals surface area (Å²) in [6.45, 7) is 0.223. The molecule has 6 heteroatoms. The van der Waals surface area contributed by atoms with E-state index in [0.717, 1.165) is 5.56 Å². The highest BCUT2D eigenvalue weighted by Crippen LogP contribution is 2.37. The van der Waals surface area contributed by atoms with E-state index in [2.05, 4.69) is 0 Å². The number of methoxy groups -OCH3 is 3. The molecule has 108 valence electrons. The molecule has 0 atom stereocenters. The van der Waals surface area contributed by atoms with Crippen LogP contribution in [0.3, 0.4) is 0 Å². The Kier molecular flexibility index (Phi) is 7.02. The summed E-state index contributed by atoms with van der Waals surface area (Å²) in [6, 6.07) is 3.47. The largest absolute Gasteiger partial charge is 0.492 e. The van der Waals surface area contributed by atoms with Crippen molar-refractivity contribution in [3.8, 4) is 17.2 Å². The van der Waals surface area contributed by atoms with Gasteiger partial charge in [0.15, 0.2) is 25.1 Å². The van der Waals surface area contributed by atoms with Gasteiger partial charge in [-0.3, -0.25) is 0 Å². The van der Waals surface area contributed by atoms with Crippen LogP contribution < -0.4 is 14.2 Å². The molecule has 1 rings (SSSR count). The zero-order valence-electron chi connectivity index (χ0n) is 11.5. The molecular formula is C13H20O6. The van der Waals surface area contributed by atoms with Gasteiger partial charge >= 0.3 is 0 Å². The van der Waals surface area contributed by atoms with Gasteiger partial charge in [0.25, 0.3) is 0 Å². The van der Waals surface area contributed by atoms with E-state index in [1.807, 2.05) is 0 Å². The molecule has 1 aromatic carbocycles. The maximum atomic E-state index is 9.15. The molecule has 0 fully saturated rings. The van der Waals surface area contributed by atoms with Gasteiger partial charge in [-0.2, -0.15) is 0 Å². The van der Waals surface area contributed by atoms with Gasteiger partial charge in [0, 0.05) is 32.8 Å². The maximum absolute atomic E-state index is 9.15. The van der Waals surface area contributed by atoms with Crippen molar-refractivity contribution >= 4 is 0 Å². The van der Waals surface area contributed by atoms with Gasteiger partial charge in [-0.1, -0.05) is 0 Å². The lowest BCUT2D eigenvalue weighted by molar-refractivity contribution is 0.0459. The second-order valence-electron chi connectivity index (χ2n) is 3.65. The van der Waals surface area contributed by atoms with Crippen LogP contribution in [0, 0.1) is 0 Å². The van der Waals surface area contributed by atoms with Gasteiger partial charge in [-0.25, -0.2) is 0 Å². The van der Waals surface area contributed by atoms with Gasteiger partial charge < -0.3 is 28.8 Å². The van der Waals surface area contributed by atoms with Crippen molar-refractivity contribution in [3.05, 3.63) is 17.7 Å². The smallest absolute Gasteiger partial charge is 0.188 e. The summed E-state index contributed by atoms with van der Waals surface area (Å²) in [7, 11) is 4.62. The monoisotopic (exact) mass is 272 g/mol. The Morgan fingerprint density at radius 3 is 2.05 bits per heavy atom. The molecule has 0 saturated carbocycles. The van der Waals surface area contributed by atoms with Crippen molar-refractivity contribution in [2.75, 3.05) is 41.5 Å². The van der Waals surface area contributed by atoms with Gasteiger partial charge in [0.2, 0.25) is 0 Å². The highest BCUT2D eigenvalue weighted by atomic mass is 16.7. The third-order valence-corrected chi connectivity index (χ3v) is 2.41. The minimum Gasteiger partial charge on any atom is -0.492 e. The third kappa shape index (κ3) is 4.27. The molecule has 0 amide bonds. The molecule has 0 aromatic heterocycles. The van der Waals surface area contributed by atoms with E-state index in [4.69, 9.17) is 28.8 Å². The number of benzene rings is 1. The number of aliphatic hydroxyl groups excluding tert-OH is 1. The first kappa shape index (κ1) is 15.6. The van der Waals surface area contributed by atoms with Crippen LogP contribution in [0.25, 0.3) is 0 Å². The first-order valence-corrected chi connectivity index (χ1v) is 5.82. The van der Waals surface area contributed by atoms with Crippen LogP contribution in [-0.4, -0.2) is 46.6 Å². The van der Waals surface area contributed by atoms with Crippen molar-refractivity contribution < 1.29 is 28.8 Å². The van der Waals surface area contributed by atoms with Crippen molar-refractivity contribution in [3.63, 3.8) is 0 Å². The molecule has 6 nitrogen and oxygen atoms in total. The Balaban J connectivity index is 3.06. The first-order chi connectivity index (χ1) is 9.28. The van der Waals surface area contributed by atoms with Crippen LogP contribution in [0.4, 0.5) is 0 Å². The van der Waals surface area contributed by atoms with E-state index in [0.29, 0.717) is 23.7 Å². The van der Waals surface area contributed by atoms with Crippen LogP contribution in [0.5, 0.6) is 17.2 Å². The van der Waals surface area contributed by atoms with Crippen molar-refractivity contribution in [1.29, 1.82) is 0 Å². The highest BCUT2D eigenvalue weighted by molar-refractivity contribution is 5.54. The summed E-state index contributed by atoms with van der Waals surface area (Å²) in [5.41, 5.74) is 0.732. The fraction of sp³-hybridized carbons (Fsp3) is 0.538. The summed E-state index contributed by atoms with van der Waals surface area (Å²) < 4.78 is 25.9. The molecule has 0 aliphatic carbocycles. The predicted octanol–water partition coefficient (Wildman–Crippen LogP) is 1.20. The average Bonchev–Trinajstić information content (AvgIpc) is 2.44. The molecular weight excluding hydrogens is 252 g/mol. The summed E-state index contributed by atoms with van der Waals surface area (Å²) >= 11 is 0. The standard InChI is InChI=1S/C13H20O6/c1-15-8-18-11-4-5-12(19-9-16-2)13(17-3)10(11)6-7-14/h4-5,14H,6-9H2,1-3H3. The van der Waals surface area contributed by atoms with Crippen molar-refractivity contribution in [2.45, 2.75) is 6.42 Å². The Hall–Kier alpha value is -1.50. The zero-order valence-corrected chi connectivity index (χ0v) is 11.5. The van der Waals surface area contributed by atoms with Crippen LogP contribution in [0.15, 0.2) is 12.1 Å². The molecule has 1 aromatic rings. The van der Waals surface area contributed by atoms with Crippen LogP contribution in [-0.2, 0) is 15.9 Å². The topological polar surface area (TPSA) is 66.4 Å². The number of rotatable bonds is 9.